The van der Waals surface area contributed by atoms with Gasteiger partial charge in [-0.05, 0) is 19.3 Å². The van der Waals surface area contributed by atoms with Crippen molar-refractivity contribution in [3.63, 3.8) is 0 Å². The Balaban J connectivity index is 2.02. The molecule has 2 aliphatic rings. The molecule has 2 heterocycles. The van der Waals surface area contributed by atoms with Crippen LogP contribution in [0.25, 0.3) is 0 Å². The molecule has 0 bridgehead atoms. The number of carbonyl (C=O) groups excluding carboxylic acids is 3. The molecule has 0 radical (unpaired) electrons. The first-order valence-electron chi connectivity index (χ1n) is 5.49. The van der Waals surface area contributed by atoms with E-state index in [1.54, 1.807) is 4.90 Å². The average Bonchev–Trinajstić information content (AvgIpc) is 2.70. The topological polar surface area (TPSA) is 92.5 Å². The summed E-state index contributed by atoms with van der Waals surface area (Å²) in [5.74, 6) is -0.638. The van der Waals surface area contributed by atoms with Crippen molar-refractivity contribution in [2.75, 3.05) is 6.54 Å². The summed E-state index contributed by atoms with van der Waals surface area (Å²) >= 11 is 0. The van der Waals surface area contributed by atoms with Gasteiger partial charge in [-0.15, -0.1) is 0 Å². The van der Waals surface area contributed by atoms with Crippen molar-refractivity contribution in [3.8, 4) is 0 Å². The largest absolute Gasteiger partial charge is 0.370 e. The summed E-state index contributed by atoms with van der Waals surface area (Å²) in [5.41, 5.74) is 5.02. The zero-order valence-corrected chi connectivity index (χ0v) is 8.94. The van der Waals surface area contributed by atoms with Crippen molar-refractivity contribution in [2.24, 2.45) is 5.73 Å². The number of hydrogen-bond acceptors (Lipinski definition) is 3. The highest BCUT2D eigenvalue weighted by molar-refractivity contribution is 5.97. The van der Waals surface area contributed by atoms with E-state index in [1.165, 1.54) is 0 Å². The van der Waals surface area contributed by atoms with Gasteiger partial charge in [0, 0.05) is 13.0 Å². The van der Waals surface area contributed by atoms with Crippen molar-refractivity contribution in [1.29, 1.82) is 0 Å². The fourth-order valence-corrected chi connectivity index (χ4v) is 2.32. The zero-order valence-electron chi connectivity index (χ0n) is 8.94. The van der Waals surface area contributed by atoms with Crippen LogP contribution < -0.4 is 11.1 Å². The Morgan fingerprint density at radius 2 is 2.25 bits per heavy atom. The summed E-state index contributed by atoms with van der Waals surface area (Å²) in [6.07, 6.45) is 2.02. The van der Waals surface area contributed by atoms with E-state index < -0.39 is 11.9 Å². The van der Waals surface area contributed by atoms with Gasteiger partial charge in [0.25, 0.3) is 0 Å². The highest BCUT2D eigenvalue weighted by Crippen LogP contribution is 2.23. The SMILES string of the molecule is NC(=O)CCC1NC(=O)C2CCCN2C1=O. The lowest BCUT2D eigenvalue weighted by Crippen LogP contribution is -2.61. The molecular weight excluding hydrogens is 210 g/mol. The molecule has 2 aliphatic heterocycles. The molecule has 2 saturated heterocycles. The number of carbonyl (C=O) groups is 3. The van der Waals surface area contributed by atoms with Gasteiger partial charge in [0.2, 0.25) is 17.7 Å². The molecule has 2 fully saturated rings. The molecular formula is C10H15N3O3. The van der Waals surface area contributed by atoms with Gasteiger partial charge in [0.05, 0.1) is 0 Å². The van der Waals surface area contributed by atoms with Gasteiger partial charge in [-0.3, -0.25) is 14.4 Å². The second-order valence-corrected chi connectivity index (χ2v) is 4.26. The predicted octanol–water partition coefficient (Wildman–Crippen LogP) is -1.26. The fraction of sp³-hybridized carbons (Fsp3) is 0.700. The van der Waals surface area contributed by atoms with Gasteiger partial charge >= 0.3 is 0 Å². The molecule has 2 unspecified atom stereocenters. The minimum absolute atomic E-state index is 0.0802. The van der Waals surface area contributed by atoms with Crippen LogP contribution in [0.3, 0.4) is 0 Å². The van der Waals surface area contributed by atoms with Gasteiger partial charge in [-0.2, -0.15) is 0 Å². The van der Waals surface area contributed by atoms with E-state index in [0.29, 0.717) is 13.0 Å². The summed E-state index contributed by atoms with van der Waals surface area (Å²) in [4.78, 5) is 35.8. The Morgan fingerprint density at radius 1 is 1.50 bits per heavy atom. The number of nitrogens with one attached hydrogen (secondary N) is 1. The zero-order chi connectivity index (χ0) is 11.7. The first-order valence-corrected chi connectivity index (χ1v) is 5.49. The van der Waals surface area contributed by atoms with Crippen LogP contribution in [0.5, 0.6) is 0 Å². The normalized spacial score (nSPS) is 28.9. The molecule has 6 nitrogen and oxygen atoms in total. The summed E-state index contributed by atoms with van der Waals surface area (Å²) in [7, 11) is 0. The predicted molar refractivity (Wildman–Crippen MR) is 55.1 cm³/mol. The second-order valence-electron chi connectivity index (χ2n) is 4.26. The first kappa shape index (κ1) is 10.9. The monoisotopic (exact) mass is 225 g/mol. The number of nitrogens with two attached hydrogens (primary N) is 1. The van der Waals surface area contributed by atoms with Gasteiger partial charge in [-0.25, -0.2) is 0 Å². The molecule has 0 aromatic rings. The summed E-state index contributed by atoms with van der Waals surface area (Å²) in [5, 5.41) is 2.66. The summed E-state index contributed by atoms with van der Waals surface area (Å²) in [6.45, 7) is 0.643. The highest BCUT2D eigenvalue weighted by atomic mass is 16.2. The first-order chi connectivity index (χ1) is 7.59. The van der Waals surface area contributed by atoms with Crippen LogP contribution in [-0.2, 0) is 14.4 Å². The third-order valence-electron chi connectivity index (χ3n) is 3.13. The number of primary amides is 1. The number of fused-ring (bicyclic) bond motifs is 1. The molecule has 2 atom stereocenters. The molecule has 16 heavy (non-hydrogen) atoms. The Hall–Kier alpha value is -1.59. The molecule has 0 aliphatic carbocycles. The van der Waals surface area contributed by atoms with Crippen molar-refractivity contribution < 1.29 is 14.4 Å². The minimum atomic E-state index is -0.575. The second kappa shape index (κ2) is 4.11. The van der Waals surface area contributed by atoms with Crippen LogP contribution in [0.1, 0.15) is 25.7 Å². The van der Waals surface area contributed by atoms with E-state index in [2.05, 4.69) is 5.32 Å². The van der Waals surface area contributed by atoms with Crippen LogP contribution in [0, 0.1) is 0 Å². The van der Waals surface area contributed by atoms with Crippen LogP contribution in [0.2, 0.25) is 0 Å². The smallest absolute Gasteiger partial charge is 0.245 e. The number of rotatable bonds is 3. The van der Waals surface area contributed by atoms with Crippen LogP contribution in [0.15, 0.2) is 0 Å². The van der Waals surface area contributed by atoms with Gasteiger partial charge in [0.15, 0.2) is 0 Å². The van der Waals surface area contributed by atoms with E-state index >= 15 is 0 Å². The van der Waals surface area contributed by atoms with E-state index in [1.807, 2.05) is 0 Å². The Bertz CT molecular complexity index is 342. The number of amides is 3. The molecule has 6 heteroatoms. The molecule has 3 N–H and O–H groups in total. The van der Waals surface area contributed by atoms with Crippen molar-refractivity contribution in [2.45, 2.75) is 37.8 Å². The van der Waals surface area contributed by atoms with E-state index in [0.717, 1.165) is 12.8 Å². The molecule has 88 valence electrons. The average molecular weight is 225 g/mol. The molecule has 0 aromatic carbocycles. The summed E-state index contributed by atoms with van der Waals surface area (Å²) in [6, 6.07) is -0.869. The van der Waals surface area contributed by atoms with E-state index in [-0.39, 0.29) is 24.3 Å². The van der Waals surface area contributed by atoms with Gasteiger partial charge in [0.1, 0.15) is 12.1 Å². The molecule has 3 amide bonds. The van der Waals surface area contributed by atoms with Crippen molar-refractivity contribution in [1.82, 2.24) is 10.2 Å². The molecule has 0 aromatic heterocycles. The minimum Gasteiger partial charge on any atom is -0.370 e. The molecule has 2 rings (SSSR count). The Morgan fingerprint density at radius 3 is 2.94 bits per heavy atom. The van der Waals surface area contributed by atoms with Crippen molar-refractivity contribution in [3.05, 3.63) is 0 Å². The van der Waals surface area contributed by atoms with Crippen LogP contribution >= 0.6 is 0 Å². The Kier molecular flexibility index (Phi) is 2.80. The van der Waals surface area contributed by atoms with E-state index in [9.17, 15) is 14.4 Å². The lowest BCUT2D eigenvalue weighted by molar-refractivity contribution is -0.147. The molecule has 0 spiro atoms. The summed E-state index contributed by atoms with van der Waals surface area (Å²) < 4.78 is 0. The maximum absolute atomic E-state index is 11.9. The lowest BCUT2D eigenvalue weighted by Gasteiger charge is -2.34. The quantitative estimate of drug-likeness (QED) is 0.628. The number of hydrogen-bond donors (Lipinski definition) is 2. The highest BCUT2D eigenvalue weighted by Gasteiger charge is 2.42. The van der Waals surface area contributed by atoms with Gasteiger partial charge in [-0.1, -0.05) is 0 Å². The van der Waals surface area contributed by atoms with Crippen LogP contribution in [-0.4, -0.2) is 41.2 Å². The van der Waals surface area contributed by atoms with Crippen LogP contribution in [0.4, 0.5) is 0 Å². The Labute approximate surface area is 93.1 Å². The maximum atomic E-state index is 11.9. The lowest BCUT2D eigenvalue weighted by atomic mass is 10.0. The van der Waals surface area contributed by atoms with E-state index in [4.69, 9.17) is 5.73 Å². The number of nitrogens with zero attached hydrogens (tertiary/aromatic N) is 1. The maximum Gasteiger partial charge on any atom is 0.245 e. The van der Waals surface area contributed by atoms with Gasteiger partial charge < -0.3 is 16.0 Å². The third-order valence-corrected chi connectivity index (χ3v) is 3.13. The number of piperazine rings is 1. The fourth-order valence-electron chi connectivity index (χ4n) is 2.32. The standard InChI is InChI=1S/C10H15N3O3/c11-8(14)4-3-6-10(16)13-5-1-2-7(13)9(15)12-6/h6-7H,1-5H2,(H2,11,14)(H,12,15). The molecule has 0 saturated carbocycles. The van der Waals surface area contributed by atoms with Crippen molar-refractivity contribution >= 4 is 17.7 Å². The third kappa shape index (κ3) is 1.87.